The molecule has 0 aromatic heterocycles. The first-order valence-electron chi connectivity index (χ1n) is 9.81. The van der Waals surface area contributed by atoms with Gasteiger partial charge in [0.2, 0.25) is 5.91 Å². The smallest absolute Gasteiger partial charge is 0.236 e. The summed E-state index contributed by atoms with van der Waals surface area (Å²) >= 11 is 0. The van der Waals surface area contributed by atoms with Crippen LogP contribution in [0.2, 0.25) is 0 Å². The minimum absolute atomic E-state index is 0.0753. The van der Waals surface area contributed by atoms with Gasteiger partial charge >= 0.3 is 0 Å². The molecule has 0 spiro atoms. The molecule has 0 radical (unpaired) electrons. The molecule has 5 nitrogen and oxygen atoms in total. The number of carbonyl (C=O) groups is 1. The molecule has 0 aliphatic carbocycles. The van der Waals surface area contributed by atoms with Gasteiger partial charge in [-0.25, -0.2) is 0 Å². The second-order valence-electron chi connectivity index (χ2n) is 7.45. The van der Waals surface area contributed by atoms with Crippen molar-refractivity contribution in [2.24, 2.45) is 0 Å². The van der Waals surface area contributed by atoms with Crippen molar-refractivity contribution in [3.8, 4) is 6.07 Å². The standard InChI is InChI=1S/C23H28N4O/c1-19(22-6-4-3-5-7-22)25(2)23(28)18-27-14-12-26(13-15-27)17-21-10-8-20(16-24)9-11-21/h3-11,19H,12-15,17-18H2,1-2H3/t19-/m1/s1. The molecule has 0 bridgehead atoms. The number of amides is 1. The Morgan fingerprint density at radius 1 is 1.04 bits per heavy atom. The molecular formula is C23H28N4O. The number of carbonyl (C=O) groups excluding carboxylic acids is 1. The van der Waals surface area contributed by atoms with E-state index in [4.69, 9.17) is 5.26 Å². The van der Waals surface area contributed by atoms with Crippen LogP contribution in [0.5, 0.6) is 0 Å². The molecule has 1 heterocycles. The molecule has 0 unspecified atom stereocenters. The monoisotopic (exact) mass is 376 g/mol. The van der Waals surface area contributed by atoms with Crippen LogP contribution >= 0.6 is 0 Å². The van der Waals surface area contributed by atoms with E-state index in [9.17, 15) is 4.79 Å². The minimum atomic E-state index is 0.0753. The van der Waals surface area contributed by atoms with Gasteiger partial charge in [0.25, 0.3) is 0 Å². The Bertz CT molecular complexity index is 805. The molecule has 1 aliphatic heterocycles. The maximum Gasteiger partial charge on any atom is 0.236 e. The van der Waals surface area contributed by atoms with Crippen molar-refractivity contribution in [3.63, 3.8) is 0 Å². The summed E-state index contributed by atoms with van der Waals surface area (Å²) in [6.07, 6.45) is 0. The summed E-state index contributed by atoms with van der Waals surface area (Å²) in [6.45, 7) is 7.13. The van der Waals surface area contributed by atoms with E-state index in [0.29, 0.717) is 12.1 Å². The van der Waals surface area contributed by atoms with Crippen molar-refractivity contribution in [1.29, 1.82) is 5.26 Å². The molecule has 2 aromatic carbocycles. The summed E-state index contributed by atoms with van der Waals surface area (Å²) in [4.78, 5) is 19.2. The second kappa shape index (κ2) is 9.50. The first kappa shape index (κ1) is 20.1. The Morgan fingerprint density at radius 3 is 2.25 bits per heavy atom. The van der Waals surface area contributed by atoms with Crippen LogP contribution in [0, 0.1) is 11.3 Å². The maximum absolute atomic E-state index is 12.7. The molecule has 0 saturated carbocycles. The fourth-order valence-electron chi connectivity index (χ4n) is 3.52. The fraction of sp³-hybridized carbons (Fsp3) is 0.391. The van der Waals surface area contributed by atoms with E-state index in [-0.39, 0.29) is 11.9 Å². The van der Waals surface area contributed by atoms with E-state index >= 15 is 0 Å². The molecule has 28 heavy (non-hydrogen) atoms. The van der Waals surface area contributed by atoms with Gasteiger partial charge in [-0.3, -0.25) is 14.6 Å². The van der Waals surface area contributed by atoms with Crippen LogP contribution in [0.1, 0.15) is 29.7 Å². The van der Waals surface area contributed by atoms with Crippen molar-refractivity contribution in [1.82, 2.24) is 14.7 Å². The molecule has 1 atom stereocenters. The minimum Gasteiger partial charge on any atom is -0.338 e. The quantitative estimate of drug-likeness (QED) is 0.778. The van der Waals surface area contributed by atoms with Crippen LogP contribution in [0.3, 0.4) is 0 Å². The Balaban J connectivity index is 1.45. The molecule has 1 saturated heterocycles. The van der Waals surface area contributed by atoms with Crippen LogP contribution in [0.15, 0.2) is 54.6 Å². The molecule has 1 aliphatic rings. The van der Waals surface area contributed by atoms with Crippen LogP contribution in [-0.4, -0.2) is 60.4 Å². The number of nitrogens with zero attached hydrogens (tertiary/aromatic N) is 4. The van der Waals surface area contributed by atoms with Crippen LogP contribution in [-0.2, 0) is 11.3 Å². The van der Waals surface area contributed by atoms with Gasteiger partial charge < -0.3 is 4.90 Å². The predicted octanol–water partition coefficient (Wildman–Crippen LogP) is 2.90. The lowest BCUT2D eigenvalue weighted by atomic mass is 10.1. The van der Waals surface area contributed by atoms with Crippen LogP contribution in [0.25, 0.3) is 0 Å². The summed E-state index contributed by atoms with van der Waals surface area (Å²) in [5, 5.41) is 8.89. The van der Waals surface area contributed by atoms with Crippen molar-refractivity contribution in [3.05, 3.63) is 71.3 Å². The molecule has 146 valence electrons. The van der Waals surface area contributed by atoms with E-state index < -0.39 is 0 Å². The maximum atomic E-state index is 12.7. The van der Waals surface area contributed by atoms with Gasteiger partial charge in [0.15, 0.2) is 0 Å². The Labute approximate surface area is 167 Å². The largest absolute Gasteiger partial charge is 0.338 e. The summed E-state index contributed by atoms with van der Waals surface area (Å²) in [7, 11) is 1.89. The highest BCUT2D eigenvalue weighted by molar-refractivity contribution is 5.78. The summed E-state index contributed by atoms with van der Waals surface area (Å²) in [5.41, 5.74) is 3.08. The lowest BCUT2D eigenvalue weighted by Gasteiger charge is -2.35. The van der Waals surface area contributed by atoms with Crippen molar-refractivity contribution in [2.45, 2.75) is 19.5 Å². The topological polar surface area (TPSA) is 50.6 Å². The predicted molar refractivity (Wildman–Crippen MR) is 111 cm³/mol. The third-order valence-corrected chi connectivity index (χ3v) is 5.57. The van der Waals surface area contributed by atoms with Crippen molar-refractivity contribution >= 4 is 5.91 Å². The van der Waals surface area contributed by atoms with Crippen molar-refractivity contribution < 1.29 is 4.79 Å². The normalized spacial score (nSPS) is 16.3. The lowest BCUT2D eigenvalue weighted by molar-refractivity contribution is -0.133. The number of rotatable bonds is 6. The Morgan fingerprint density at radius 2 is 1.64 bits per heavy atom. The fourth-order valence-corrected chi connectivity index (χ4v) is 3.52. The summed E-state index contributed by atoms with van der Waals surface area (Å²) in [6, 6.07) is 20.2. The third-order valence-electron chi connectivity index (χ3n) is 5.57. The number of piperazine rings is 1. The SMILES string of the molecule is C[C@H](c1ccccc1)N(C)C(=O)CN1CCN(Cc2ccc(C#N)cc2)CC1. The second-order valence-corrected chi connectivity index (χ2v) is 7.45. The first-order chi connectivity index (χ1) is 13.6. The van der Waals surface area contributed by atoms with Crippen LogP contribution in [0.4, 0.5) is 0 Å². The number of likely N-dealkylation sites (N-methyl/N-ethyl adjacent to an activating group) is 1. The van der Waals surface area contributed by atoms with Gasteiger partial charge in [-0.1, -0.05) is 42.5 Å². The van der Waals surface area contributed by atoms with Gasteiger partial charge in [-0.05, 0) is 30.2 Å². The molecule has 3 rings (SSSR count). The third kappa shape index (κ3) is 5.19. The zero-order valence-corrected chi connectivity index (χ0v) is 16.7. The Kier molecular flexibility index (Phi) is 6.80. The number of benzene rings is 2. The highest BCUT2D eigenvalue weighted by Crippen LogP contribution is 2.18. The van der Waals surface area contributed by atoms with E-state index in [1.807, 2.05) is 54.4 Å². The first-order valence-corrected chi connectivity index (χ1v) is 9.81. The van der Waals surface area contributed by atoms with Gasteiger partial charge in [0.1, 0.15) is 0 Å². The van der Waals surface area contributed by atoms with Gasteiger partial charge in [-0.15, -0.1) is 0 Å². The molecule has 5 heteroatoms. The van der Waals surface area contributed by atoms with Crippen molar-refractivity contribution in [2.75, 3.05) is 39.8 Å². The Hall–Kier alpha value is -2.68. The zero-order chi connectivity index (χ0) is 19.9. The van der Waals surface area contributed by atoms with Gasteiger partial charge in [0.05, 0.1) is 24.2 Å². The van der Waals surface area contributed by atoms with E-state index in [0.717, 1.165) is 38.3 Å². The van der Waals surface area contributed by atoms with E-state index in [2.05, 4.69) is 34.9 Å². The van der Waals surface area contributed by atoms with Gasteiger partial charge in [-0.2, -0.15) is 5.26 Å². The number of hydrogen-bond donors (Lipinski definition) is 0. The lowest BCUT2D eigenvalue weighted by Crippen LogP contribution is -2.49. The number of hydrogen-bond acceptors (Lipinski definition) is 4. The van der Waals surface area contributed by atoms with E-state index in [1.54, 1.807) is 0 Å². The zero-order valence-electron chi connectivity index (χ0n) is 16.7. The number of nitriles is 1. The van der Waals surface area contributed by atoms with Gasteiger partial charge in [0, 0.05) is 39.8 Å². The van der Waals surface area contributed by atoms with Crippen LogP contribution < -0.4 is 0 Å². The molecule has 0 N–H and O–H groups in total. The molecule has 1 fully saturated rings. The summed E-state index contributed by atoms with van der Waals surface area (Å²) in [5.74, 6) is 0.164. The average Bonchev–Trinajstić information content (AvgIpc) is 2.75. The molecule has 1 amide bonds. The average molecular weight is 377 g/mol. The highest BCUT2D eigenvalue weighted by atomic mass is 16.2. The highest BCUT2D eigenvalue weighted by Gasteiger charge is 2.23. The molecule has 2 aromatic rings. The summed E-state index contributed by atoms with van der Waals surface area (Å²) < 4.78 is 0. The van der Waals surface area contributed by atoms with E-state index in [1.165, 1.54) is 5.56 Å². The molecular weight excluding hydrogens is 348 g/mol.